The molecule has 0 aliphatic rings. The van der Waals surface area contributed by atoms with E-state index < -0.39 is 150 Å². The summed E-state index contributed by atoms with van der Waals surface area (Å²) in [4.78, 5) is 184. The molecule has 11 unspecified atom stereocenters. The number of aromatic amines is 1. The van der Waals surface area contributed by atoms with Crippen LogP contribution in [-0.4, -0.2) is 244 Å². The molecule has 0 saturated carbocycles. The summed E-state index contributed by atoms with van der Waals surface area (Å²) in [5.41, 5.74) is 3.28. The van der Waals surface area contributed by atoms with Gasteiger partial charge in [0.25, 0.3) is 5.91 Å². The summed E-state index contributed by atoms with van der Waals surface area (Å²) >= 11 is 0. The molecular formula is C67H115N15O13. The Morgan fingerprint density at radius 2 is 1.06 bits per heavy atom. The number of likely N-dealkylation sites (N-methyl/N-ethyl adjacent to an activating group) is 8. The fraction of sp³-hybridized carbons (Fsp3) is 0.716. The van der Waals surface area contributed by atoms with Crippen LogP contribution in [0.3, 0.4) is 0 Å². The first-order chi connectivity index (χ1) is 44.1. The molecule has 28 heteroatoms. The van der Waals surface area contributed by atoms with Crippen LogP contribution >= 0.6 is 0 Å². The number of benzene rings is 1. The monoisotopic (exact) mass is 1340 g/mol. The van der Waals surface area contributed by atoms with Crippen LogP contribution in [0.5, 0.6) is 0 Å². The lowest BCUT2D eigenvalue weighted by Gasteiger charge is -2.41. The molecule has 9 N–H and O–H groups in total. The van der Waals surface area contributed by atoms with E-state index in [0.717, 1.165) is 9.80 Å². The number of H-pyrrole nitrogens is 1. The highest BCUT2D eigenvalue weighted by Gasteiger charge is 2.45. The number of nitrogen functional groups attached to an aromatic ring is 1. The molecule has 0 saturated heterocycles. The van der Waals surface area contributed by atoms with E-state index in [0.29, 0.717) is 36.2 Å². The Hall–Kier alpha value is -7.75. The second kappa shape index (κ2) is 38.1. The fourth-order valence-corrected chi connectivity index (χ4v) is 11.6. The third-order valence-electron chi connectivity index (χ3n) is 17.2. The Morgan fingerprint density at radius 1 is 0.568 bits per heavy atom. The Morgan fingerprint density at radius 3 is 1.56 bits per heavy atom. The van der Waals surface area contributed by atoms with Crippen LogP contribution in [0.15, 0.2) is 18.2 Å². The van der Waals surface area contributed by atoms with Crippen molar-refractivity contribution in [2.75, 3.05) is 62.4 Å². The van der Waals surface area contributed by atoms with Gasteiger partial charge >= 0.3 is 0 Å². The number of nitrogens with zero attached hydrogens (tertiary/aromatic N) is 8. The fourth-order valence-electron chi connectivity index (χ4n) is 11.6. The van der Waals surface area contributed by atoms with Gasteiger partial charge in [0.2, 0.25) is 65.5 Å². The number of hydrazine groups is 1. The minimum atomic E-state index is -1.75. The molecule has 0 aliphatic carbocycles. The third-order valence-corrected chi connectivity index (χ3v) is 17.2. The Bertz CT molecular complexity index is 2950. The second-order valence-electron chi connectivity index (χ2n) is 27.9. The predicted molar refractivity (Wildman–Crippen MR) is 363 cm³/mol. The minimum absolute atomic E-state index is 0.00529. The molecule has 2 aromatic rings. The standard InChI is InChI=1S/C67H115N15O13/c1-24-45(63(91)76(17)34-53(84)78(19)48(28-36(3)4)61(89)74-54(40(11)12)66(94)79(20)49(29-37(5)6)60(88)70-43(16)58(86)69-25-2)73-62(90)56(57(85)42(15)32-52-71-46-27-26-44(59(87)75-68)33-47(46)72-52)82(23)67(95)55(41(13)14)81(22)65(93)51(31-39(9)10)80(21)64(92)50(30-38(7)8)77(18)35-83/h26-27,33,35-43,45,48-51,54-57,85H,24-25,28-32,34,68H2,1-23H3,(H,69,86)(H,70,88)(H,71,72)(H,73,90)(H,74,89)(H,75,87). The smallest absolute Gasteiger partial charge is 0.265 e. The van der Waals surface area contributed by atoms with Crippen LogP contribution in [0, 0.1) is 41.4 Å². The number of rotatable bonds is 38. The average molecular weight is 1340 g/mol. The summed E-state index contributed by atoms with van der Waals surface area (Å²) in [5, 5.41) is 23.5. The van der Waals surface area contributed by atoms with Gasteiger partial charge in [0.1, 0.15) is 60.2 Å². The largest absolute Gasteiger partial charge is 0.390 e. The Balaban J connectivity index is 2.65. The summed E-state index contributed by atoms with van der Waals surface area (Å²) < 4.78 is 0. The lowest BCUT2D eigenvalue weighted by atomic mass is 9.91. The maximum Gasteiger partial charge on any atom is 0.265 e. The zero-order valence-electron chi connectivity index (χ0n) is 60.8. The molecule has 536 valence electrons. The molecule has 12 amide bonds. The van der Waals surface area contributed by atoms with Crippen LogP contribution in [0.1, 0.15) is 159 Å². The number of aliphatic hydroxyl groups is 1. The zero-order valence-corrected chi connectivity index (χ0v) is 60.8. The zero-order chi connectivity index (χ0) is 73.0. The first-order valence-corrected chi connectivity index (χ1v) is 33.2. The number of aliphatic hydroxyl groups excluding tert-OH is 1. The summed E-state index contributed by atoms with van der Waals surface area (Å²) in [7, 11) is 9.94. The van der Waals surface area contributed by atoms with E-state index in [1.54, 1.807) is 60.6 Å². The first-order valence-electron chi connectivity index (χ1n) is 33.2. The van der Waals surface area contributed by atoms with E-state index >= 15 is 9.59 Å². The number of nitrogens with two attached hydrogens (primary N) is 1. The number of imidazole rings is 1. The lowest BCUT2D eigenvalue weighted by molar-refractivity contribution is -0.157. The van der Waals surface area contributed by atoms with E-state index in [1.807, 2.05) is 55.4 Å². The number of carbonyl (C=O) groups is 12. The SMILES string of the molecule is CCNC(=O)C(C)NC(=O)C(CC(C)C)N(C)C(=O)C(NC(=O)C(CC(C)C)N(C)C(=O)CN(C)C(=O)C(CC)NC(=O)C(C(O)C(C)Cc1nc2ccc(C(=O)NN)cc2[nH]1)N(C)C(=O)C(C(C)C)N(C)C(=O)C(CC(C)C)N(C)C(=O)C(CC(C)C)N(C)C=O)C(C)C. The summed E-state index contributed by atoms with van der Waals surface area (Å²) in [6.45, 7) is 28.2. The molecule has 2 rings (SSSR count). The van der Waals surface area contributed by atoms with Gasteiger partial charge in [0.15, 0.2) is 0 Å². The number of carbonyl (C=O) groups excluding carboxylic acids is 12. The second-order valence-corrected chi connectivity index (χ2v) is 27.9. The predicted octanol–water partition coefficient (Wildman–Crippen LogP) is 2.27. The van der Waals surface area contributed by atoms with Gasteiger partial charge in [0.05, 0.1) is 23.7 Å². The Kier molecular flexibility index (Phi) is 33.4. The molecule has 11 atom stereocenters. The van der Waals surface area contributed by atoms with Crippen LogP contribution in [-0.2, 0) is 59.2 Å². The minimum Gasteiger partial charge on any atom is -0.390 e. The van der Waals surface area contributed by atoms with Gasteiger partial charge in [-0.05, 0) is 106 Å². The lowest BCUT2D eigenvalue weighted by Crippen LogP contribution is -2.63. The highest BCUT2D eigenvalue weighted by atomic mass is 16.3. The van der Waals surface area contributed by atoms with Gasteiger partial charge in [-0.25, -0.2) is 10.8 Å². The molecule has 95 heavy (non-hydrogen) atoms. The van der Waals surface area contributed by atoms with E-state index in [1.165, 1.54) is 86.8 Å². The van der Waals surface area contributed by atoms with Crippen molar-refractivity contribution in [2.24, 2.45) is 47.3 Å². The number of amides is 12. The van der Waals surface area contributed by atoms with Crippen molar-refractivity contribution in [3.63, 3.8) is 0 Å². The number of aromatic nitrogens is 2. The van der Waals surface area contributed by atoms with E-state index in [9.17, 15) is 53.1 Å². The van der Waals surface area contributed by atoms with Crippen molar-refractivity contribution in [3.8, 4) is 0 Å². The highest BCUT2D eigenvalue weighted by Crippen LogP contribution is 2.26. The molecule has 0 aliphatic heterocycles. The topological polar surface area (TPSA) is 363 Å². The van der Waals surface area contributed by atoms with Crippen molar-refractivity contribution in [1.82, 2.24) is 71.0 Å². The molecule has 0 radical (unpaired) electrons. The van der Waals surface area contributed by atoms with E-state index in [4.69, 9.17) is 5.84 Å². The number of nitrogens with one attached hydrogen (secondary N) is 6. The van der Waals surface area contributed by atoms with Gasteiger partial charge in [-0.2, -0.15) is 0 Å². The molecular weight excluding hydrogens is 1220 g/mol. The molecule has 1 aromatic carbocycles. The number of hydrogen-bond acceptors (Lipinski definition) is 15. The highest BCUT2D eigenvalue weighted by molar-refractivity contribution is 5.99. The molecule has 0 fully saturated rings. The van der Waals surface area contributed by atoms with E-state index in [-0.39, 0.29) is 61.3 Å². The summed E-state index contributed by atoms with van der Waals surface area (Å²) in [6.07, 6.45) is -0.294. The number of fused-ring (bicyclic) bond motifs is 1. The summed E-state index contributed by atoms with van der Waals surface area (Å²) in [5.74, 6) is -3.50. The van der Waals surface area contributed by atoms with Crippen molar-refractivity contribution in [1.29, 1.82) is 0 Å². The molecule has 1 aromatic heterocycles. The van der Waals surface area contributed by atoms with Gasteiger partial charge in [-0.3, -0.25) is 63.0 Å². The van der Waals surface area contributed by atoms with Crippen LogP contribution in [0.25, 0.3) is 11.0 Å². The average Bonchev–Trinajstić information content (AvgIpc) is 1.82. The quantitative estimate of drug-likeness (QED) is 0.0207. The first kappa shape index (κ1) is 83.3. The molecule has 28 nitrogen and oxygen atoms in total. The van der Waals surface area contributed by atoms with Crippen LogP contribution < -0.4 is 32.5 Å². The van der Waals surface area contributed by atoms with Crippen LogP contribution in [0.4, 0.5) is 0 Å². The maximum atomic E-state index is 15.3. The van der Waals surface area contributed by atoms with Crippen molar-refractivity contribution < 1.29 is 62.6 Å². The Labute approximate surface area is 563 Å². The maximum absolute atomic E-state index is 15.3. The molecule has 1 heterocycles. The molecule has 0 spiro atoms. The van der Waals surface area contributed by atoms with Crippen molar-refractivity contribution in [3.05, 3.63) is 29.6 Å². The third kappa shape index (κ3) is 23.3. The van der Waals surface area contributed by atoms with E-state index in [2.05, 4.69) is 36.7 Å². The van der Waals surface area contributed by atoms with Gasteiger partial charge in [-0.1, -0.05) is 96.9 Å². The van der Waals surface area contributed by atoms with Crippen LogP contribution in [0.2, 0.25) is 0 Å². The summed E-state index contributed by atoms with van der Waals surface area (Å²) in [6, 6.07) is -5.91. The van der Waals surface area contributed by atoms with Gasteiger partial charge < -0.3 is 65.7 Å². The normalized spacial score (nSPS) is 15.1. The van der Waals surface area contributed by atoms with Gasteiger partial charge in [0, 0.05) is 67.9 Å². The van der Waals surface area contributed by atoms with Crippen molar-refractivity contribution in [2.45, 2.75) is 210 Å². The van der Waals surface area contributed by atoms with Crippen molar-refractivity contribution >= 4 is 82.4 Å². The molecule has 0 bridgehead atoms. The number of hydrogen-bond donors (Lipinski definition) is 8. The van der Waals surface area contributed by atoms with Gasteiger partial charge in [-0.15, -0.1) is 0 Å².